The van der Waals surface area contributed by atoms with Crippen LogP contribution in [0.5, 0.6) is 0 Å². The standard InChI is InChI=1S/C64H42GeO2/c1-6-21-43(22-7-1)45-37-40-58-56(41-45)63(64(67-58)54-34-20-36-59-61(54)53-33-18-19-35-57(53)66-59)62-51-32-17-16-31-50(51)60(44-23-8-2-9-24-44)55-42-49(38-39-52(55)62)65(46-25-10-3-11-26-46,47-27-12-4-13-28-47)48-29-14-5-15-30-48/h1-42H. The molecular weight excluding hydrogens is 873 g/mol. The minimum atomic E-state index is -3.72. The van der Waals surface area contributed by atoms with E-state index < -0.39 is 13.3 Å². The second-order valence-electron chi connectivity index (χ2n) is 17.4. The third-order valence-electron chi connectivity index (χ3n) is 13.8. The second kappa shape index (κ2) is 16.1. The first-order valence-electron chi connectivity index (χ1n) is 23.0. The summed E-state index contributed by atoms with van der Waals surface area (Å²) in [6, 6.07) is 93.3. The molecule has 3 heteroatoms. The fourth-order valence-electron chi connectivity index (χ4n) is 11.0. The van der Waals surface area contributed by atoms with Crippen LogP contribution in [-0.4, -0.2) is 13.3 Å². The minimum absolute atomic E-state index is 0.824. The van der Waals surface area contributed by atoms with Gasteiger partial charge in [-0.2, -0.15) is 0 Å². The van der Waals surface area contributed by atoms with Crippen LogP contribution in [-0.2, 0) is 0 Å². The van der Waals surface area contributed by atoms with Gasteiger partial charge in [0.2, 0.25) is 0 Å². The van der Waals surface area contributed by atoms with Crippen molar-refractivity contribution in [2.75, 3.05) is 0 Å². The van der Waals surface area contributed by atoms with E-state index in [2.05, 4.69) is 249 Å². The van der Waals surface area contributed by atoms with Crippen molar-refractivity contribution in [1.29, 1.82) is 0 Å². The molecule has 0 aliphatic rings. The van der Waals surface area contributed by atoms with Crippen LogP contribution in [0.25, 0.3) is 99.2 Å². The van der Waals surface area contributed by atoms with Gasteiger partial charge in [-0.05, 0) is 0 Å². The summed E-state index contributed by atoms with van der Waals surface area (Å²) < 4.78 is 19.4. The van der Waals surface area contributed by atoms with Crippen LogP contribution in [0.4, 0.5) is 0 Å². The molecule has 0 amide bonds. The average Bonchev–Trinajstić information content (AvgIpc) is 3.98. The fraction of sp³-hybridized carbons (Fsp3) is 0. The van der Waals surface area contributed by atoms with E-state index in [1.54, 1.807) is 0 Å². The molecule has 0 spiro atoms. The quantitative estimate of drug-likeness (QED) is 0.112. The molecular formula is C64H42GeO2. The zero-order valence-corrected chi connectivity index (χ0v) is 38.7. The summed E-state index contributed by atoms with van der Waals surface area (Å²) in [7, 11) is 0. The Morgan fingerprint density at radius 1 is 0.254 bits per heavy atom. The Morgan fingerprint density at radius 3 is 1.40 bits per heavy atom. The maximum absolute atomic E-state index is 7.29. The van der Waals surface area contributed by atoms with Gasteiger partial charge in [0.05, 0.1) is 0 Å². The van der Waals surface area contributed by atoms with Crippen LogP contribution in [0, 0.1) is 0 Å². The normalized spacial score (nSPS) is 11.9. The van der Waals surface area contributed by atoms with Gasteiger partial charge >= 0.3 is 381 Å². The number of rotatable bonds is 8. The van der Waals surface area contributed by atoms with Gasteiger partial charge in [-0.25, -0.2) is 0 Å². The first-order valence-corrected chi connectivity index (χ1v) is 27.2. The van der Waals surface area contributed by atoms with Gasteiger partial charge in [0, 0.05) is 0 Å². The van der Waals surface area contributed by atoms with Gasteiger partial charge in [-0.15, -0.1) is 0 Å². The molecule has 0 unspecified atom stereocenters. The van der Waals surface area contributed by atoms with Gasteiger partial charge in [0.25, 0.3) is 0 Å². The van der Waals surface area contributed by atoms with Gasteiger partial charge in [0.1, 0.15) is 0 Å². The van der Waals surface area contributed by atoms with E-state index in [0.717, 1.165) is 66.5 Å². The Labute approximate surface area is 391 Å². The van der Waals surface area contributed by atoms with Crippen molar-refractivity contribution in [3.8, 4) is 44.7 Å². The van der Waals surface area contributed by atoms with Crippen LogP contribution in [0.2, 0.25) is 0 Å². The predicted molar refractivity (Wildman–Crippen MR) is 284 cm³/mol. The molecule has 0 fully saturated rings. The molecule has 0 aliphatic carbocycles. The van der Waals surface area contributed by atoms with E-state index in [-0.39, 0.29) is 0 Å². The zero-order valence-electron chi connectivity index (χ0n) is 36.6. The number of fused-ring (bicyclic) bond motifs is 6. The molecule has 0 saturated carbocycles. The molecule has 2 heterocycles. The Bertz CT molecular complexity index is 3850. The molecule has 314 valence electrons. The first-order chi connectivity index (χ1) is 33.3. The van der Waals surface area contributed by atoms with Gasteiger partial charge in [-0.1, -0.05) is 12.1 Å². The molecule has 0 atom stereocenters. The monoisotopic (exact) mass is 916 g/mol. The number of benzene rings is 11. The van der Waals surface area contributed by atoms with E-state index in [4.69, 9.17) is 8.83 Å². The van der Waals surface area contributed by atoms with E-state index in [1.807, 2.05) is 6.07 Å². The summed E-state index contributed by atoms with van der Waals surface area (Å²) in [5, 5.41) is 7.92. The SMILES string of the molecule is c1ccc(-c2ccc3oc(-c4cccc5oc6ccccc6c45)c(-c4c5ccccc5c(-c5ccccc5)c5c[c]([Ge]([c]6ccccc6)([c]6ccccc6)[c]6ccccc6)ccc45)c3c2)cc1. The van der Waals surface area contributed by atoms with Crippen molar-refractivity contribution >= 4 is 85.3 Å². The van der Waals surface area contributed by atoms with E-state index in [9.17, 15) is 0 Å². The van der Waals surface area contributed by atoms with Gasteiger partial charge < -0.3 is 0 Å². The number of hydrogen-bond donors (Lipinski definition) is 0. The van der Waals surface area contributed by atoms with Crippen molar-refractivity contribution in [3.05, 3.63) is 255 Å². The molecule has 13 aromatic rings. The summed E-state index contributed by atoms with van der Waals surface area (Å²) in [5.41, 5.74) is 10.5. The molecule has 0 saturated heterocycles. The predicted octanol–water partition coefficient (Wildman–Crippen LogP) is 14.7. The molecule has 2 nitrogen and oxygen atoms in total. The van der Waals surface area contributed by atoms with Crippen molar-refractivity contribution in [2.45, 2.75) is 0 Å². The van der Waals surface area contributed by atoms with Crippen molar-refractivity contribution < 1.29 is 8.83 Å². The fourth-order valence-corrected chi connectivity index (χ4v) is 21.0. The molecule has 11 aromatic carbocycles. The third-order valence-corrected chi connectivity index (χ3v) is 23.9. The van der Waals surface area contributed by atoms with Crippen molar-refractivity contribution in [2.24, 2.45) is 0 Å². The van der Waals surface area contributed by atoms with Gasteiger partial charge in [0.15, 0.2) is 0 Å². The first kappa shape index (κ1) is 39.2. The van der Waals surface area contributed by atoms with Crippen molar-refractivity contribution in [1.82, 2.24) is 0 Å². The van der Waals surface area contributed by atoms with Crippen LogP contribution in [0.1, 0.15) is 0 Å². The van der Waals surface area contributed by atoms with Crippen LogP contribution in [0.15, 0.2) is 264 Å². The number of para-hydroxylation sites is 1. The number of hydrogen-bond acceptors (Lipinski definition) is 2. The Balaban J connectivity index is 1.21. The Hall–Kier alpha value is -8.18. The molecule has 67 heavy (non-hydrogen) atoms. The van der Waals surface area contributed by atoms with Crippen LogP contribution >= 0.6 is 0 Å². The number of furan rings is 2. The average molecular weight is 916 g/mol. The molecule has 13 rings (SSSR count). The van der Waals surface area contributed by atoms with E-state index >= 15 is 0 Å². The molecule has 0 aliphatic heterocycles. The molecule has 2 aromatic heterocycles. The second-order valence-corrected chi connectivity index (χ2v) is 25.4. The Morgan fingerprint density at radius 2 is 0.761 bits per heavy atom. The van der Waals surface area contributed by atoms with E-state index in [1.165, 1.54) is 50.3 Å². The topological polar surface area (TPSA) is 26.3 Å². The van der Waals surface area contributed by atoms with Crippen molar-refractivity contribution in [3.63, 3.8) is 0 Å². The van der Waals surface area contributed by atoms with Crippen LogP contribution in [0.3, 0.4) is 0 Å². The zero-order chi connectivity index (χ0) is 44.3. The summed E-state index contributed by atoms with van der Waals surface area (Å²) in [5.74, 6) is 0.824. The third kappa shape index (κ3) is 6.25. The van der Waals surface area contributed by atoms with E-state index in [0.29, 0.717) is 0 Å². The van der Waals surface area contributed by atoms with Gasteiger partial charge in [-0.3, -0.25) is 0 Å². The summed E-state index contributed by atoms with van der Waals surface area (Å²) in [6.45, 7) is 0. The summed E-state index contributed by atoms with van der Waals surface area (Å²) in [4.78, 5) is 0. The molecule has 0 bridgehead atoms. The summed E-state index contributed by atoms with van der Waals surface area (Å²) in [6.07, 6.45) is 0. The molecule has 0 radical (unpaired) electrons. The molecule has 0 N–H and O–H groups in total. The van der Waals surface area contributed by atoms with Crippen LogP contribution < -0.4 is 17.6 Å². The maximum atomic E-state index is 7.29. The Kier molecular flexibility index (Phi) is 9.40. The summed E-state index contributed by atoms with van der Waals surface area (Å²) >= 11 is -3.72.